The van der Waals surface area contributed by atoms with Gasteiger partial charge in [0, 0.05) is 31.6 Å². The van der Waals surface area contributed by atoms with Crippen LogP contribution in [-0.4, -0.2) is 71.9 Å². The third-order valence-corrected chi connectivity index (χ3v) is 5.23. The topological polar surface area (TPSA) is 39.7 Å². The van der Waals surface area contributed by atoms with E-state index in [1.807, 2.05) is 4.90 Å². The molecule has 2 saturated heterocycles. The van der Waals surface area contributed by atoms with Gasteiger partial charge in [0.2, 0.25) is 5.91 Å². The van der Waals surface area contributed by atoms with Crippen molar-refractivity contribution in [2.24, 2.45) is 0 Å². The van der Waals surface area contributed by atoms with Crippen LogP contribution in [0.3, 0.4) is 0 Å². The number of thiazole rings is 1. The predicted molar refractivity (Wildman–Crippen MR) is 84.4 cm³/mol. The molecule has 0 bridgehead atoms. The molecule has 116 valence electrons. The summed E-state index contributed by atoms with van der Waals surface area (Å²) in [7, 11) is 2.10. The molecule has 1 aromatic rings. The minimum atomic E-state index is 0.223. The second kappa shape index (κ2) is 6.85. The summed E-state index contributed by atoms with van der Waals surface area (Å²) in [5, 5.41) is 3.21. The van der Waals surface area contributed by atoms with Gasteiger partial charge in [-0.05, 0) is 33.0 Å². The van der Waals surface area contributed by atoms with Crippen LogP contribution in [0.4, 0.5) is 0 Å². The van der Waals surface area contributed by atoms with Crippen molar-refractivity contribution < 1.29 is 4.79 Å². The second-order valence-corrected chi connectivity index (χ2v) is 7.02. The number of carbonyl (C=O) groups excluding carboxylic acids is 1. The molecule has 0 aliphatic carbocycles. The molecule has 6 heteroatoms. The third-order valence-electron chi connectivity index (χ3n) is 4.35. The van der Waals surface area contributed by atoms with E-state index in [1.165, 1.54) is 25.9 Å². The first-order chi connectivity index (χ1) is 10.2. The lowest BCUT2D eigenvalue weighted by molar-refractivity contribution is -0.132. The Balaban J connectivity index is 1.50. The average Bonchev–Trinajstić information content (AvgIpc) is 3.12. The summed E-state index contributed by atoms with van der Waals surface area (Å²) < 4.78 is 0. The average molecular weight is 308 g/mol. The van der Waals surface area contributed by atoms with E-state index in [4.69, 9.17) is 0 Å². The number of likely N-dealkylation sites (N-methyl/N-ethyl adjacent to an activating group) is 1. The molecule has 21 heavy (non-hydrogen) atoms. The van der Waals surface area contributed by atoms with Crippen molar-refractivity contribution in [2.75, 3.05) is 46.3 Å². The molecule has 1 aromatic heterocycles. The molecule has 0 unspecified atom stereocenters. The van der Waals surface area contributed by atoms with Crippen LogP contribution in [0.2, 0.25) is 0 Å². The van der Waals surface area contributed by atoms with E-state index in [1.54, 1.807) is 11.3 Å². The van der Waals surface area contributed by atoms with Crippen LogP contribution in [0, 0.1) is 0 Å². The summed E-state index contributed by atoms with van der Waals surface area (Å²) in [6.45, 7) is 6.98. The van der Waals surface area contributed by atoms with Crippen LogP contribution in [0.15, 0.2) is 5.38 Å². The molecule has 2 fully saturated rings. The lowest BCUT2D eigenvalue weighted by Gasteiger charge is -2.32. The molecule has 2 aliphatic rings. The number of hydrogen-bond acceptors (Lipinski definition) is 5. The Morgan fingerprint density at radius 2 is 1.90 bits per heavy atom. The highest BCUT2D eigenvalue weighted by Gasteiger charge is 2.20. The minimum absolute atomic E-state index is 0.223. The normalized spacial score (nSPS) is 21.1. The first-order valence-corrected chi connectivity index (χ1v) is 8.70. The van der Waals surface area contributed by atoms with Crippen molar-refractivity contribution in [3.63, 3.8) is 0 Å². The Kier molecular flexibility index (Phi) is 4.87. The number of rotatable bonds is 4. The number of carbonyl (C=O) groups is 1. The molecule has 0 atom stereocenters. The van der Waals surface area contributed by atoms with Gasteiger partial charge in [0.1, 0.15) is 5.01 Å². The third kappa shape index (κ3) is 4.02. The van der Waals surface area contributed by atoms with Gasteiger partial charge in [-0.1, -0.05) is 0 Å². The fourth-order valence-corrected chi connectivity index (χ4v) is 3.79. The highest BCUT2D eigenvalue weighted by molar-refractivity contribution is 7.09. The molecule has 0 radical (unpaired) electrons. The standard InChI is InChI=1S/C15H24N4OS/c1-17-6-8-19(9-7-17)15(20)10-13-12-21-14(16-13)11-18-4-2-3-5-18/h12H,2-11H2,1H3. The molecule has 0 aromatic carbocycles. The van der Waals surface area contributed by atoms with Crippen LogP contribution in [0.5, 0.6) is 0 Å². The van der Waals surface area contributed by atoms with E-state index >= 15 is 0 Å². The summed E-state index contributed by atoms with van der Waals surface area (Å²) in [4.78, 5) is 23.6. The summed E-state index contributed by atoms with van der Waals surface area (Å²) in [6, 6.07) is 0. The van der Waals surface area contributed by atoms with Gasteiger partial charge >= 0.3 is 0 Å². The zero-order valence-corrected chi connectivity index (χ0v) is 13.6. The number of piperazine rings is 1. The highest BCUT2D eigenvalue weighted by Crippen LogP contribution is 2.17. The van der Waals surface area contributed by atoms with Gasteiger partial charge in [0.15, 0.2) is 0 Å². The molecule has 0 spiro atoms. The molecule has 3 rings (SSSR count). The molecule has 5 nitrogen and oxygen atoms in total. The van der Waals surface area contributed by atoms with Gasteiger partial charge in [-0.15, -0.1) is 11.3 Å². The second-order valence-electron chi connectivity index (χ2n) is 6.08. The van der Waals surface area contributed by atoms with Gasteiger partial charge < -0.3 is 9.80 Å². The highest BCUT2D eigenvalue weighted by atomic mass is 32.1. The van der Waals surface area contributed by atoms with Crippen molar-refractivity contribution >= 4 is 17.2 Å². The number of nitrogens with zero attached hydrogens (tertiary/aromatic N) is 4. The minimum Gasteiger partial charge on any atom is -0.340 e. The number of amides is 1. The monoisotopic (exact) mass is 308 g/mol. The van der Waals surface area contributed by atoms with Gasteiger partial charge in [-0.3, -0.25) is 9.69 Å². The number of aromatic nitrogens is 1. The van der Waals surface area contributed by atoms with Gasteiger partial charge in [0.25, 0.3) is 0 Å². The Hall–Kier alpha value is -0.980. The number of hydrogen-bond donors (Lipinski definition) is 0. The predicted octanol–water partition coefficient (Wildman–Crippen LogP) is 1.06. The summed E-state index contributed by atoms with van der Waals surface area (Å²) in [6.07, 6.45) is 3.07. The fourth-order valence-electron chi connectivity index (χ4n) is 2.96. The smallest absolute Gasteiger partial charge is 0.228 e. The maximum absolute atomic E-state index is 12.3. The lowest BCUT2D eigenvalue weighted by atomic mass is 10.2. The fraction of sp³-hybridized carbons (Fsp3) is 0.733. The molecule has 2 aliphatic heterocycles. The summed E-state index contributed by atoms with van der Waals surface area (Å²) in [5.41, 5.74) is 0.943. The Labute approximate surface area is 130 Å². The van der Waals surface area contributed by atoms with E-state index in [-0.39, 0.29) is 5.91 Å². The molecular formula is C15H24N4OS. The van der Waals surface area contributed by atoms with E-state index in [0.717, 1.165) is 43.4 Å². The quantitative estimate of drug-likeness (QED) is 0.834. The van der Waals surface area contributed by atoms with Crippen molar-refractivity contribution in [3.8, 4) is 0 Å². The summed E-state index contributed by atoms with van der Waals surface area (Å²) >= 11 is 1.69. The largest absolute Gasteiger partial charge is 0.340 e. The zero-order valence-electron chi connectivity index (χ0n) is 12.8. The van der Waals surface area contributed by atoms with E-state index in [2.05, 4.69) is 27.2 Å². The maximum atomic E-state index is 12.3. The summed E-state index contributed by atoms with van der Waals surface area (Å²) in [5.74, 6) is 0.223. The Bertz CT molecular complexity index is 476. The van der Waals surface area contributed by atoms with Crippen LogP contribution < -0.4 is 0 Å². The van der Waals surface area contributed by atoms with E-state index in [0.29, 0.717) is 6.42 Å². The van der Waals surface area contributed by atoms with Gasteiger partial charge in [0.05, 0.1) is 18.7 Å². The molecule has 0 N–H and O–H groups in total. The maximum Gasteiger partial charge on any atom is 0.228 e. The van der Waals surface area contributed by atoms with E-state index in [9.17, 15) is 4.79 Å². The lowest BCUT2D eigenvalue weighted by Crippen LogP contribution is -2.47. The van der Waals surface area contributed by atoms with Crippen LogP contribution >= 0.6 is 11.3 Å². The first-order valence-electron chi connectivity index (χ1n) is 7.82. The van der Waals surface area contributed by atoms with Gasteiger partial charge in [-0.2, -0.15) is 0 Å². The Morgan fingerprint density at radius 1 is 1.19 bits per heavy atom. The molecule has 1 amide bonds. The van der Waals surface area contributed by atoms with Crippen molar-refractivity contribution in [3.05, 3.63) is 16.1 Å². The number of likely N-dealkylation sites (tertiary alicyclic amines) is 1. The Morgan fingerprint density at radius 3 is 2.62 bits per heavy atom. The molecular weight excluding hydrogens is 284 g/mol. The van der Waals surface area contributed by atoms with Crippen LogP contribution in [-0.2, 0) is 17.8 Å². The van der Waals surface area contributed by atoms with Crippen molar-refractivity contribution in [1.29, 1.82) is 0 Å². The zero-order chi connectivity index (χ0) is 14.7. The van der Waals surface area contributed by atoms with Crippen LogP contribution in [0.1, 0.15) is 23.5 Å². The molecule has 0 saturated carbocycles. The SMILES string of the molecule is CN1CCN(C(=O)Cc2csc(CN3CCCC3)n2)CC1. The van der Waals surface area contributed by atoms with Crippen molar-refractivity contribution in [1.82, 2.24) is 19.7 Å². The first kappa shape index (κ1) is 14.9. The van der Waals surface area contributed by atoms with Crippen molar-refractivity contribution in [2.45, 2.75) is 25.8 Å². The molecule has 3 heterocycles. The van der Waals surface area contributed by atoms with E-state index < -0.39 is 0 Å². The van der Waals surface area contributed by atoms with Gasteiger partial charge in [-0.25, -0.2) is 4.98 Å². The van der Waals surface area contributed by atoms with Crippen LogP contribution in [0.25, 0.3) is 0 Å².